The van der Waals surface area contributed by atoms with Crippen LogP contribution in [0, 0.1) is 23.7 Å². The molecule has 0 aliphatic heterocycles. The fourth-order valence-corrected chi connectivity index (χ4v) is 5.46. The lowest BCUT2D eigenvalue weighted by atomic mass is 9.71. The summed E-state index contributed by atoms with van der Waals surface area (Å²) in [7, 11) is -3.08. The molecule has 0 amide bonds. The maximum atomic E-state index is 6.38. The first-order chi connectivity index (χ1) is 8.66. The van der Waals surface area contributed by atoms with Crippen molar-refractivity contribution in [1.29, 1.82) is 0 Å². The molecule has 4 unspecified atom stereocenters. The normalized spacial score (nSPS) is 36.3. The molecule has 0 radical (unpaired) electrons. The molecular weight excluding hydrogens is 268 g/mol. The Labute approximate surface area is 119 Å². The third-order valence-corrected chi connectivity index (χ3v) is 5.80. The molecule has 19 heavy (non-hydrogen) atoms. The first-order valence-electron chi connectivity index (χ1n) is 7.46. The predicted octanol–water partition coefficient (Wildman–Crippen LogP) is 4.35. The third kappa shape index (κ3) is 2.33. The first-order valence-corrected chi connectivity index (χ1v) is 14.3. The topological polar surface area (TPSA) is 18.5 Å². The molecule has 0 spiro atoms. The van der Waals surface area contributed by atoms with Gasteiger partial charge in [-0.15, -0.1) is 0 Å². The van der Waals surface area contributed by atoms with E-state index < -0.39 is 16.6 Å². The second-order valence-corrected chi connectivity index (χ2v) is 17.0. The minimum atomic E-state index is -1.54. The number of allylic oxidation sites excluding steroid dienone is 4. The SMILES string of the molecule is C[Si](C)(C)OC1=C(O[Si](C)(C)C)C2C3C=CC(C3)C12. The van der Waals surface area contributed by atoms with Gasteiger partial charge in [-0.1, -0.05) is 12.2 Å². The van der Waals surface area contributed by atoms with E-state index in [0.29, 0.717) is 11.8 Å². The average molecular weight is 295 g/mol. The summed E-state index contributed by atoms with van der Waals surface area (Å²) in [5.41, 5.74) is 0. The second kappa shape index (κ2) is 4.01. The Kier molecular flexibility index (Phi) is 2.85. The van der Waals surface area contributed by atoms with Gasteiger partial charge in [0.25, 0.3) is 0 Å². The van der Waals surface area contributed by atoms with Gasteiger partial charge in [-0.25, -0.2) is 0 Å². The smallest absolute Gasteiger partial charge is 0.241 e. The summed E-state index contributed by atoms with van der Waals surface area (Å²) in [6, 6.07) is 0. The molecule has 2 bridgehead atoms. The highest BCUT2D eigenvalue weighted by Crippen LogP contribution is 2.62. The minimum absolute atomic E-state index is 0.632. The fourth-order valence-electron chi connectivity index (χ4n) is 3.67. The highest BCUT2D eigenvalue weighted by molar-refractivity contribution is 6.70. The van der Waals surface area contributed by atoms with Crippen molar-refractivity contribution in [3.8, 4) is 0 Å². The first kappa shape index (κ1) is 13.5. The highest BCUT2D eigenvalue weighted by atomic mass is 28.4. The van der Waals surface area contributed by atoms with Crippen LogP contribution in [0.5, 0.6) is 0 Å². The molecule has 0 saturated heterocycles. The summed E-state index contributed by atoms with van der Waals surface area (Å²) in [6.07, 6.45) is 6.13. The molecule has 0 aromatic rings. The van der Waals surface area contributed by atoms with E-state index >= 15 is 0 Å². The van der Waals surface area contributed by atoms with Crippen LogP contribution in [-0.4, -0.2) is 16.6 Å². The van der Waals surface area contributed by atoms with Crippen LogP contribution >= 0.6 is 0 Å². The summed E-state index contributed by atoms with van der Waals surface area (Å²) in [4.78, 5) is 0. The van der Waals surface area contributed by atoms with Crippen LogP contribution in [0.2, 0.25) is 39.3 Å². The van der Waals surface area contributed by atoms with E-state index in [-0.39, 0.29) is 0 Å². The Morgan fingerprint density at radius 3 is 1.47 bits per heavy atom. The van der Waals surface area contributed by atoms with E-state index in [9.17, 15) is 0 Å². The summed E-state index contributed by atoms with van der Waals surface area (Å²) in [6.45, 7) is 13.6. The summed E-state index contributed by atoms with van der Waals surface area (Å²) >= 11 is 0. The Morgan fingerprint density at radius 2 is 1.16 bits per heavy atom. The van der Waals surface area contributed by atoms with Crippen LogP contribution in [0.1, 0.15) is 6.42 Å². The van der Waals surface area contributed by atoms with Crippen molar-refractivity contribution in [1.82, 2.24) is 0 Å². The van der Waals surface area contributed by atoms with Gasteiger partial charge in [0.2, 0.25) is 16.6 Å². The number of fused-ring (bicyclic) bond motifs is 5. The van der Waals surface area contributed by atoms with Gasteiger partial charge in [0.15, 0.2) is 0 Å². The number of hydrogen-bond acceptors (Lipinski definition) is 2. The quantitative estimate of drug-likeness (QED) is 0.567. The zero-order valence-electron chi connectivity index (χ0n) is 13.0. The van der Waals surface area contributed by atoms with E-state index in [0.717, 1.165) is 11.8 Å². The predicted molar refractivity (Wildman–Crippen MR) is 83.6 cm³/mol. The summed E-state index contributed by atoms with van der Waals surface area (Å²) < 4.78 is 12.8. The number of hydrogen-bond donors (Lipinski definition) is 0. The van der Waals surface area contributed by atoms with E-state index in [1.165, 1.54) is 17.9 Å². The maximum Gasteiger partial charge on any atom is 0.241 e. The molecule has 2 nitrogen and oxygen atoms in total. The van der Waals surface area contributed by atoms with Crippen LogP contribution in [0.15, 0.2) is 23.7 Å². The Morgan fingerprint density at radius 1 is 0.789 bits per heavy atom. The van der Waals surface area contributed by atoms with Gasteiger partial charge in [-0.3, -0.25) is 0 Å². The van der Waals surface area contributed by atoms with Gasteiger partial charge in [-0.2, -0.15) is 0 Å². The monoisotopic (exact) mass is 294 g/mol. The molecule has 1 saturated carbocycles. The van der Waals surface area contributed by atoms with Crippen molar-refractivity contribution < 1.29 is 8.85 Å². The van der Waals surface area contributed by atoms with Gasteiger partial charge in [0, 0.05) is 11.8 Å². The summed E-state index contributed by atoms with van der Waals surface area (Å²) in [5, 5.41) is 0. The van der Waals surface area contributed by atoms with Gasteiger partial charge >= 0.3 is 0 Å². The van der Waals surface area contributed by atoms with Crippen molar-refractivity contribution in [3.05, 3.63) is 23.7 Å². The lowest BCUT2D eigenvalue weighted by molar-refractivity contribution is 0.137. The lowest BCUT2D eigenvalue weighted by Crippen LogP contribution is -2.43. The number of rotatable bonds is 4. The van der Waals surface area contributed by atoms with Crippen LogP contribution in [0.3, 0.4) is 0 Å². The van der Waals surface area contributed by atoms with Crippen molar-refractivity contribution >= 4 is 16.6 Å². The van der Waals surface area contributed by atoms with Crippen LogP contribution in [-0.2, 0) is 8.85 Å². The van der Waals surface area contributed by atoms with Crippen molar-refractivity contribution in [2.45, 2.75) is 45.7 Å². The molecule has 3 aliphatic carbocycles. The molecule has 4 heteroatoms. The van der Waals surface area contributed by atoms with Crippen LogP contribution in [0.25, 0.3) is 0 Å². The molecule has 3 aliphatic rings. The van der Waals surface area contributed by atoms with Crippen LogP contribution < -0.4 is 0 Å². The van der Waals surface area contributed by atoms with Gasteiger partial charge in [-0.05, 0) is 57.5 Å². The van der Waals surface area contributed by atoms with E-state index in [1.54, 1.807) is 0 Å². The molecule has 0 heterocycles. The zero-order chi connectivity index (χ0) is 14.0. The molecule has 3 rings (SSSR count). The second-order valence-electron chi connectivity index (χ2n) is 8.16. The molecule has 1 fully saturated rings. The van der Waals surface area contributed by atoms with E-state index in [1.807, 2.05) is 0 Å². The Hall–Kier alpha value is -0.486. The third-order valence-electron chi connectivity index (χ3n) is 4.14. The molecular formula is C15H26O2Si2. The molecule has 0 N–H and O–H groups in total. The minimum Gasteiger partial charge on any atom is -0.545 e. The van der Waals surface area contributed by atoms with Gasteiger partial charge in [0.05, 0.1) is 0 Å². The molecule has 106 valence electrons. The lowest BCUT2D eigenvalue weighted by Gasteiger charge is -2.45. The molecule has 0 aromatic carbocycles. The zero-order valence-corrected chi connectivity index (χ0v) is 15.0. The largest absolute Gasteiger partial charge is 0.545 e. The molecule has 4 atom stereocenters. The van der Waals surface area contributed by atoms with E-state index in [2.05, 4.69) is 51.4 Å². The van der Waals surface area contributed by atoms with Crippen molar-refractivity contribution in [3.63, 3.8) is 0 Å². The Balaban J connectivity index is 1.88. The van der Waals surface area contributed by atoms with Gasteiger partial charge < -0.3 is 8.85 Å². The fraction of sp³-hybridized carbons (Fsp3) is 0.733. The van der Waals surface area contributed by atoms with Crippen molar-refractivity contribution in [2.75, 3.05) is 0 Å². The summed E-state index contributed by atoms with van der Waals surface area (Å²) in [5.74, 6) is 5.15. The Bertz CT molecular complexity index is 414. The van der Waals surface area contributed by atoms with Crippen molar-refractivity contribution in [2.24, 2.45) is 23.7 Å². The maximum absolute atomic E-state index is 6.38. The van der Waals surface area contributed by atoms with E-state index in [4.69, 9.17) is 8.85 Å². The highest BCUT2D eigenvalue weighted by Gasteiger charge is 2.58. The molecule has 0 aromatic heterocycles. The van der Waals surface area contributed by atoms with Crippen LogP contribution in [0.4, 0.5) is 0 Å². The average Bonchev–Trinajstić information content (AvgIpc) is 2.78. The standard InChI is InChI=1S/C15H26O2Si2/c1-18(2,3)16-14-12-10-7-8-11(9-10)13(12)15(14)17-19(4,5)6/h7-8,10-13H,9H2,1-6H3. The van der Waals surface area contributed by atoms with Gasteiger partial charge in [0.1, 0.15) is 11.5 Å².